The predicted octanol–water partition coefficient (Wildman–Crippen LogP) is 4.83. The number of hydrogen-bond acceptors (Lipinski definition) is 4. The number of nitrogens with one attached hydrogen (secondary N) is 1. The highest BCUT2D eigenvalue weighted by Crippen LogP contribution is 2.36. The van der Waals surface area contributed by atoms with E-state index in [9.17, 15) is 30.0 Å². The number of alkyl halides is 3. The molecule has 2 unspecified atom stereocenters. The molecule has 0 bridgehead atoms. The molecule has 1 aliphatic heterocycles. The van der Waals surface area contributed by atoms with E-state index in [4.69, 9.17) is 11.6 Å². The van der Waals surface area contributed by atoms with Gasteiger partial charge in [0.2, 0.25) is 10.0 Å². The molecular formula is C20H22ClF3N2O4S2. The van der Waals surface area contributed by atoms with Crippen LogP contribution in [0.5, 0.6) is 0 Å². The summed E-state index contributed by atoms with van der Waals surface area (Å²) in [6.07, 6.45) is -3.88. The quantitative estimate of drug-likeness (QED) is 0.624. The van der Waals surface area contributed by atoms with Gasteiger partial charge in [-0.15, -0.1) is 0 Å². The van der Waals surface area contributed by atoms with E-state index in [1.165, 1.54) is 28.6 Å². The molecule has 1 fully saturated rings. The topological polar surface area (TPSA) is 83.6 Å². The van der Waals surface area contributed by atoms with E-state index in [1.54, 1.807) is 0 Å². The fraction of sp³-hybridized carbons (Fsp3) is 0.400. The maximum Gasteiger partial charge on any atom is 0.417 e. The number of sulfonamides is 2. The lowest BCUT2D eigenvalue weighted by atomic mass is 9.94. The van der Waals surface area contributed by atoms with Gasteiger partial charge in [-0.2, -0.15) is 17.5 Å². The summed E-state index contributed by atoms with van der Waals surface area (Å²) in [6, 6.07) is 7.29. The molecule has 2 aromatic carbocycles. The molecule has 3 rings (SSSR count). The Labute approximate surface area is 190 Å². The van der Waals surface area contributed by atoms with Gasteiger partial charge in [0.1, 0.15) is 0 Å². The van der Waals surface area contributed by atoms with E-state index in [2.05, 4.69) is 4.72 Å². The molecule has 0 spiro atoms. The van der Waals surface area contributed by atoms with Gasteiger partial charge in [-0.3, -0.25) is 4.72 Å². The molecule has 1 N–H and O–H groups in total. The van der Waals surface area contributed by atoms with Crippen molar-refractivity contribution in [1.29, 1.82) is 0 Å². The van der Waals surface area contributed by atoms with Crippen LogP contribution in [0, 0.1) is 11.8 Å². The van der Waals surface area contributed by atoms with Gasteiger partial charge in [0, 0.05) is 18.8 Å². The summed E-state index contributed by atoms with van der Waals surface area (Å²) in [7, 11) is -8.12. The average Bonchev–Trinajstić information content (AvgIpc) is 2.66. The highest BCUT2D eigenvalue weighted by molar-refractivity contribution is 7.92. The van der Waals surface area contributed by atoms with Gasteiger partial charge in [0.05, 0.1) is 20.4 Å². The summed E-state index contributed by atoms with van der Waals surface area (Å²) in [5.41, 5.74) is -1.26. The van der Waals surface area contributed by atoms with Crippen LogP contribution in [0.15, 0.2) is 52.3 Å². The molecule has 32 heavy (non-hydrogen) atoms. The Hall–Kier alpha value is -1.82. The molecule has 1 saturated heterocycles. The van der Waals surface area contributed by atoms with Crippen molar-refractivity contribution in [3.8, 4) is 0 Å². The minimum Gasteiger partial charge on any atom is -0.280 e. The van der Waals surface area contributed by atoms with Crippen molar-refractivity contribution >= 4 is 37.3 Å². The Bertz CT molecular complexity index is 1190. The van der Waals surface area contributed by atoms with Crippen LogP contribution in [0.25, 0.3) is 0 Å². The zero-order valence-electron chi connectivity index (χ0n) is 17.2. The minimum absolute atomic E-state index is 0.00704. The van der Waals surface area contributed by atoms with Crippen LogP contribution < -0.4 is 4.72 Å². The predicted molar refractivity (Wildman–Crippen MR) is 115 cm³/mol. The first-order valence-corrected chi connectivity index (χ1v) is 13.0. The first-order chi connectivity index (χ1) is 14.7. The molecule has 176 valence electrons. The van der Waals surface area contributed by atoms with Crippen LogP contribution in [0.1, 0.15) is 25.8 Å². The average molecular weight is 511 g/mol. The van der Waals surface area contributed by atoms with Crippen molar-refractivity contribution in [2.75, 3.05) is 17.8 Å². The highest BCUT2D eigenvalue weighted by Gasteiger charge is 2.35. The number of hydrogen-bond donors (Lipinski definition) is 1. The highest BCUT2D eigenvalue weighted by atomic mass is 35.5. The van der Waals surface area contributed by atoms with Gasteiger partial charge in [-0.1, -0.05) is 25.4 Å². The van der Waals surface area contributed by atoms with E-state index in [0.717, 1.165) is 18.6 Å². The lowest BCUT2D eigenvalue weighted by Gasteiger charge is -2.34. The molecule has 1 heterocycles. The minimum atomic E-state index is -4.82. The van der Waals surface area contributed by atoms with E-state index >= 15 is 0 Å². The monoisotopic (exact) mass is 510 g/mol. The summed E-state index contributed by atoms with van der Waals surface area (Å²) in [6.45, 7) is 4.77. The third-order valence-electron chi connectivity index (χ3n) is 5.13. The van der Waals surface area contributed by atoms with Crippen molar-refractivity contribution in [2.45, 2.75) is 36.2 Å². The molecule has 2 atom stereocenters. The SMILES string of the molecule is CC1CC(C)CN(S(=O)(=O)c2ccc(NS(=O)(=O)c3ccc(Cl)c(C(F)(F)F)c3)cc2)C1. The lowest BCUT2D eigenvalue weighted by Crippen LogP contribution is -2.42. The van der Waals surface area contributed by atoms with Crippen LogP contribution in [0.4, 0.5) is 18.9 Å². The fourth-order valence-electron chi connectivity index (χ4n) is 3.75. The normalized spacial score (nSPS) is 20.8. The maximum atomic E-state index is 13.0. The zero-order chi connectivity index (χ0) is 23.9. The Morgan fingerprint density at radius 2 is 1.47 bits per heavy atom. The van der Waals surface area contributed by atoms with Gasteiger partial charge in [0.25, 0.3) is 10.0 Å². The Morgan fingerprint density at radius 1 is 0.938 bits per heavy atom. The molecular weight excluding hydrogens is 489 g/mol. The summed E-state index contributed by atoms with van der Waals surface area (Å²) in [5, 5.41) is -0.618. The van der Waals surface area contributed by atoms with Crippen LogP contribution in [0.2, 0.25) is 5.02 Å². The Morgan fingerprint density at radius 3 is 2.00 bits per heavy atom. The van der Waals surface area contributed by atoms with E-state index in [1.807, 2.05) is 13.8 Å². The summed E-state index contributed by atoms with van der Waals surface area (Å²) in [5.74, 6) is 0.446. The molecule has 2 aromatic rings. The smallest absolute Gasteiger partial charge is 0.280 e. The van der Waals surface area contributed by atoms with Crippen LogP contribution in [0.3, 0.4) is 0 Å². The van der Waals surface area contributed by atoms with Crippen molar-refractivity contribution in [3.63, 3.8) is 0 Å². The Balaban J connectivity index is 1.83. The van der Waals surface area contributed by atoms with Crippen LogP contribution in [-0.2, 0) is 26.2 Å². The summed E-state index contributed by atoms with van der Waals surface area (Å²) < 4.78 is 93.6. The molecule has 0 aliphatic carbocycles. The second-order valence-corrected chi connectivity index (χ2v) is 12.1. The molecule has 0 radical (unpaired) electrons. The van der Waals surface area contributed by atoms with Gasteiger partial charge >= 0.3 is 6.18 Å². The standard InChI is InChI=1S/C20H22ClF3N2O4S2/c1-13-9-14(2)12-26(11-13)32(29,30)16-5-3-15(4-6-16)25-31(27,28)17-7-8-19(21)18(10-17)20(22,23)24/h3-8,10,13-14,25H,9,11-12H2,1-2H3. The van der Waals surface area contributed by atoms with Crippen molar-refractivity contribution in [2.24, 2.45) is 11.8 Å². The maximum absolute atomic E-state index is 13.0. The second kappa shape index (κ2) is 8.85. The van der Waals surface area contributed by atoms with Crippen LogP contribution in [-0.4, -0.2) is 34.2 Å². The molecule has 12 heteroatoms. The number of anilines is 1. The molecule has 0 aromatic heterocycles. The zero-order valence-corrected chi connectivity index (χ0v) is 19.6. The first-order valence-electron chi connectivity index (χ1n) is 9.70. The van der Waals surface area contributed by atoms with Crippen molar-refractivity contribution < 1.29 is 30.0 Å². The van der Waals surface area contributed by atoms with Crippen LogP contribution >= 0.6 is 11.6 Å². The summed E-state index contributed by atoms with van der Waals surface area (Å²) >= 11 is 5.54. The number of halogens is 4. The summed E-state index contributed by atoms with van der Waals surface area (Å²) in [4.78, 5) is -0.616. The van der Waals surface area contributed by atoms with Gasteiger partial charge in [0.15, 0.2) is 0 Å². The Kier molecular flexibility index (Phi) is 6.86. The van der Waals surface area contributed by atoms with Gasteiger partial charge in [-0.05, 0) is 60.7 Å². The fourth-order valence-corrected chi connectivity index (χ4v) is 6.74. The lowest BCUT2D eigenvalue weighted by molar-refractivity contribution is -0.137. The number of nitrogens with zero attached hydrogens (tertiary/aromatic N) is 1. The van der Waals surface area contributed by atoms with Gasteiger partial charge in [-0.25, -0.2) is 16.8 Å². The van der Waals surface area contributed by atoms with E-state index in [-0.39, 0.29) is 22.4 Å². The second-order valence-electron chi connectivity index (χ2n) is 8.04. The van der Waals surface area contributed by atoms with Crippen molar-refractivity contribution in [3.05, 3.63) is 53.1 Å². The first kappa shape index (κ1) is 24.8. The van der Waals surface area contributed by atoms with Gasteiger partial charge < -0.3 is 0 Å². The number of rotatable bonds is 5. The number of piperidine rings is 1. The van der Waals surface area contributed by atoms with E-state index < -0.39 is 41.7 Å². The third-order valence-corrected chi connectivity index (χ3v) is 8.69. The third kappa shape index (κ3) is 5.38. The van der Waals surface area contributed by atoms with E-state index in [0.29, 0.717) is 19.2 Å². The molecule has 0 amide bonds. The largest absolute Gasteiger partial charge is 0.417 e. The van der Waals surface area contributed by atoms with Crippen molar-refractivity contribution in [1.82, 2.24) is 4.31 Å². The number of benzene rings is 2. The molecule has 6 nitrogen and oxygen atoms in total. The molecule has 0 saturated carbocycles. The molecule has 1 aliphatic rings.